The first-order chi connectivity index (χ1) is 19.1. The van der Waals surface area contributed by atoms with Gasteiger partial charge in [0, 0.05) is 34.4 Å². The van der Waals surface area contributed by atoms with E-state index in [9.17, 15) is 20.2 Å². The minimum absolute atomic E-state index is 0.197. The average Bonchev–Trinajstić information content (AvgIpc) is 3.68. The molecule has 1 aliphatic rings. The van der Waals surface area contributed by atoms with Crippen molar-refractivity contribution in [3.63, 3.8) is 0 Å². The van der Waals surface area contributed by atoms with Gasteiger partial charge in [0.25, 0.3) is 0 Å². The SMILES string of the molecule is CN(C(=O)O)c1ccc(-c2cnc(C3(O)CCc4cc(-c5cc(Cl)ccc5-n5cc(Cl)nn5)c[n+]([O-])c43)[nH]2)cc1. The summed E-state index contributed by atoms with van der Waals surface area (Å²) in [7, 11) is 1.46. The summed E-state index contributed by atoms with van der Waals surface area (Å²) in [5.74, 6) is 0.242. The van der Waals surface area contributed by atoms with Crippen molar-refractivity contribution < 1.29 is 19.7 Å². The maximum Gasteiger partial charge on any atom is 0.411 e. The van der Waals surface area contributed by atoms with Crippen molar-refractivity contribution in [3.8, 4) is 28.1 Å². The lowest BCUT2D eigenvalue weighted by Gasteiger charge is -2.20. The lowest BCUT2D eigenvalue weighted by molar-refractivity contribution is -0.620. The molecule has 0 bridgehead atoms. The van der Waals surface area contributed by atoms with Crippen LogP contribution >= 0.6 is 23.2 Å². The highest BCUT2D eigenvalue weighted by Crippen LogP contribution is 2.41. The predicted octanol–water partition coefficient (Wildman–Crippen LogP) is 4.56. The first-order valence-corrected chi connectivity index (χ1v) is 12.9. The number of benzene rings is 2. The molecule has 0 radical (unpaired) electrons. The fourth-order valence-electron chi connectivity index (χ4n) is 5.03. The number of amides is 1. The number of aryl methyl sites for hydroxylation is 1. The summed E-state index contributed by atoms with van der Waals surface area (Å²) < 4.78 is 2.18. The van der Waals surface area contributed by atoms with Crippen LogP contribution in [0.2, 0.25) is 10.2 Å². The Hall–Kier alpha value is -4.45. The third kappa shape index (κ3) is 4.34. The third-order valence-electron chi connectivity index (χ3n) is 7.06. The van der Waals surface area contributed by atoms with E-state index < -0.39 is 11.7 Å². The van der Waals surface area contributed by atoms with Crippen LogP contribution in [-0.2, 0) is 12.0 Å². The van der Waals surface area contributed by atoms with Gasteiger partial charge in [0.2, 0.25) is 11.3 Å². The summed E-state index contributed by atoms with van der Waals surface area (Å²) in [5.41, 5.74) is 2.99. The molecule has 202 valence electrons. The number of H-pyrrole nitrogens is 1. The lowest BCUT2D eigenvalue weighted by Crippen LogP contribution is -2.42. The van der Waals surface area contributed by atoms with Gasteiger partial charge in [-0.25, -0.2) is 14.5 Å². The molecule has 3 aromatic heterocycles. The highest BCUT2D eigenvalue weighted by atomic mass is 35.5. The minimum atomic E-state index is -1.63. The smallest absolute Gasteiger partial charge is 0.411 e. The monoisotopic (exact) mass is 577 g/mol. The standard InChI is InChI=1S/C27H21Cl2N7O4/c1-34(26(37)38)19-5-2-15(3-6-19)21-12-30-25(31-21)27(39)9-8-16-10-17(13-36(40)24(16)27)20-11-18(28)4-7-22(20)35-14-23(29)32-33-35/h2-7,10-14,39H,8-9H2,1H3,(H,30,31)(H,37,38). The summed E-state index contributed by atoms with van der Waals surface area (Å²) >= 11 is 12.3. The second kappa shape index (κ2) is 9.63. The van der Waals surface area contributed by atoms with Gasteiger partial charge in [0.15, 0.2) is 11.3 Å². The van der Waals surface area contributed by atoms with Crippen LogP contribution in [0.5, 0.6) is 0 Å². The maximum atomic E-state index is 13.4. The molecule has 13 heteroatoms. The van der Waals surface area contributed by atoms with E-state index in [0.717, 1.165) is 10.5 Å². The molecule has 2 aromatic carbocycles. The van der Waals surface area contributed by atoms with E-state index in [2.05, 4.69) is 20.3 Å². The molecule has 0 aliphatic heterocycles. The third-order valence-corrected chi connectivity index (χ3v) is 7.47. The molecule has 11 nitrogen and oxygen atoms in total. The van der Waals surface area contributed by atoms with Crippen molar-refractivity contribution in [1.29, 1.82) is 0 Å². The number of rotatable bonds is 5. The van der Waals surface area contributed by atoms with Crippen LogP contribution in [0.25, 0.3) is 28.1 Å². The molecule has 0 saturated carbocycles. The van der Waals surface area contributed by atoms with Gasteiger partial charge in [-0.2, -0.15) is 4.73 Å². The largest absolute Gasteiger partial charge is 0.618 e. The van der Waals surface area contributed by atoms with E-state index >= 15 is 0 Å². The summed E-state index contributed by atoms with van der Waals surface area (Å²) in [4.78, 5) is 19.9. The zero-order valence-electron chi connectivity index (χ0n) is 20.9. The highest BCUT2D eigenvalue weighted by Gasteiger charge is 2.48. The molecule has 40 heavy (non-hydrogen) atoms. The highest BCUT2D eigenvalue weighted by molar-refractivity contribution is 6.31. The van der Waals surface area contributed by atoms with Gasteiger partial charge < -0.3 is 20.4 Å². The van der Waals surface area contributed by atoms with Crippen LogP contribution in [0.15, 0.2) is 67.1 Å². The van der Waals surface area contributed by atoms with Crippen molar-refractivity contribution in [2.24, 2.45) is 0 Å². The van der Waals surface area contributed by atoms with Crippen molar-refractivity contribution in [2.45, 2.75) is 18.4 Å². The van der Waals surface area contributed by atoms with Gasteiger partial charge in [-0.1, -0.05) is 40.5 Å². The molecule has 6 rings (SSSR count). The number of anilines is 1. The van der Waals surface area contributed by atoms with Gasteiger partial charge in [0.05, 0.1) is 23.8 Å². The molecule has 1 amide bonds. The number of hydrogen-bond acceptors (Lipinski definition) is 6. The number of pyridine rings is 1. The first-order valence-electron chi connectivity index (χ1n) is 12.1. The Labute approximate surface area is 237 Å². The molecule has 1 unspecified atom stereocenters. The van der Waals surface area contributed by atoms with E-state index in [1.165, 1.54) is 17.9 Å². The van der Waals surface area contributed by atoms with Crippen molar-refractivity contribution in [2.75, 3.05) is 11.9 Å². The number of carbonyl (C=O) groups is 1. The number of hydrogen-bond donors (Lipinski definition) is 3. The maximum absolute atomic E-state index is 13.4. The molecule has 5 aromatic rings. The van der Waals surface area contributed by atoms with Gasteiger partial charge in [0.1, 0.15) is 5.82 Å². The number of carboxylic acid groups (broad SMARTS) is 1. The number of nitrogens with zero attached hydrogens (tertiary/aromatic N) is 6. The van der Waals surface area contributed by atoms with Crippen LogP contribution in [0.1, 0.15) is 23.5 Å². The topological polar surface area (TPSA) is 147 Å². The molecule has 0 fully saturated rings. The number of aliphatic hydroxyl groups is 1. The Bertz CT molecular complexity index is 1770. The van der Waals surface area contributed by atoms with Crippen LogP contribution < -0.4 is 9.63 Å². The minimum Gasteiger partial charge on any atom is -0.618 e. The lowest BCUT2D eigenvalue weighted by atomic mass is 9.98. The Morgan fingerprint density at radius 1 is 1.18 bits per heavy atom. The fourth-order valence-corrected chi connectivity index (χ4v) is 5.33. The van der Waals surface area contributed by atoms with E-state index in [1.807, 2.05) is 6.07 Å². The van der Waals surface area contributed by atoms with E-state index in [1.54, 1.807) is 54.9 Å². The quantitative estimate of drug-likeness (QED) is 0.205. The van der Waals surface area contributed by atoms with Crippen molar-refractivity contribution >= 4 is 35.0 Å². The summed E-state index contributed by atoms with van der Waals surface area (Å²) in [6.45, 7) is 0. The Morgan fingerprint density at radius 2 is 1.95 bits per heavy atom. The molecule has 3 heterocycles. The number of aromatic nitrogens is 6. The summed E-state index contributed by atoms with van der Waals surface area (Å²) in [5, 5.41) is 42.9. The molecule has 0 saturated heterocycles. The van der Waals surface area contributed by atoms with Gasteiger partial charge in [-0.3, -0.25) is 4.90 Å². The Kier molecular flexibility index (Phi) is 6.21. The first kappa shape index (κ1) is 25.8. The molecule has 3 N–H and O–H groups in total. The van der Waals surface area contributed by atoms with Crippen LogP contribution in [0.3, 0.4) is 0 Å². The number of fused-ring (bicyclic) bond motifs is 1. The average molecular weight is 578 g/mol. The Balaban J connectivity index is 1.35. The number of nitrogens with one attached hydrogen (secondary N) is 1. The predicted molar refractivity (Wildman–Crippen MR) is 148 cm³/mol. The van der Waals surface area contributed by atoms with E-state index in [4.69, 9.17) is 23.2 Å². The van der Waals surface area contributed by atoms with Gasteiger partial charge in [-0.15, -0.1) is 5.10 Å². The van der Waals surface area contributed by atoms with Crippen molar-refractivity contribution in [1.82, 2.24) is 25.0 Å². The van der Waals surface area contributed by atoms with Crippen molar-refractivity contribution in [3.05, 3.63) is 99.6 Å². The summed E-state index contributed by atoms with van der Waals surface area (Å²) in [6.07, 6.45) is 4.15. The van der Waals surface area contributed by atoms with Crippen LogP contribution in [0, 0.1) is 5.21 Å². The summed E-state index contributed by atoms with van der Waals surface area (Å²) in [6, 6.07) is 13.9. The second-order valence-corrected chi connectivity index (χ2v) is 10.3. The van der Waals surface area contributed by atoms with E-state index in [-0.39, 0.29) is 23.1 Å². The zero-order valence-corrected chi connectivity index (χ0v) is 22.4. The molecular weight excluding hydrogens is 557 g/mol. The molecule has 1 aliphatic carbocycles. The van der Waals surface area contributed by atoms with E-state index in [0.29, 0.717) is 49.9 Å². The zero-order chi connectivity index (χ0) is 28.2. The van der Waals surface area contributed by atoms with Crippen LogP contribution in [0.4, 0.5) is 10.5 Å². The number of halogens is 2. The fraction of sp³-hybridized carbons (Fsp3) is 0.148. The second-order valence-electron chi connectivity index (χ2n) is 9.47. The molecular formula is C27H21Cl2N7O4. The Morgan fingerprint density at radius 3 is 2.65 bits per heavy atom. The molecule has 1 atom stereocenters. The van der Waals surface area contributed by atoms with Gasteiger partial charge in [-0.05, 0) is 54.8 Å². The number of aromatic amines is 1. The number of imidazole rings is 1. The van der Waals surface area contributed by atoms with Gasteiger partial charge >= 0.3 is 6.09 Å². The molecule has 0 spiro atoms. The van der Waals surface area contributed by atoms with Crippen LogP contribution in [-0.4, -0.2) is 48.3 Å². The normalized spacial score (nSPS) is 16.2.